The summed E-state index contributed by atoms with van der Waals surface area (Å²) >= 11 is 0. The zero-order valence-electron chi connectivity index (χ0n) is 13.3. The summed E-state index contributed by atoms with van der Waals surface area (Å²) in [4.78, 5) is 19.3. The van der Waals surface area contributed by atoms with Crippen molar-refractivity contribution in [3.05, 3.63) is 36.2 Å². The van der Waals surface area contributed by atoms with Crippen LogP contribution in [0.3, 0.4) is 0 Å². The van der Waals surface area contributed by atoms with E-state index in [4.69, 9.17) is 4.74 Å². The predicted molar refractivity (Wildman–Crippen MR) is 88.7 cm³/mol. The van der Waals surface area contributed by atoms with Crippen molar-refractivity contribution in [3.63, 3.8) is 0 Å². The largest absolute Gasteiger partial charge is 0.496 e. The molecule has 5 heteroatoms. The van der Waals surface area contributed by atoms with Crippen LogP contribution in [-0.4, -0.2) is 48.6 Å². The Kier molecular flexibility index (Phi) is 3.65. The van der Waals surface area contributed by atoms with E-state index in [2.05, 4.69) is 15.2 Å². The van der Waals surface area contributed by atoms with Gasteiger partial charge in [0.2, 0.25) is 0 Å². The van der Waals surface area contributed by atoms with E-state index in [1.54, 1.807) is 13.3 Å². The molecule has 4 rings (SSSR count). The summed E-state index contributed by atoms with van der Waals surface area (Å²) in [5.74, 6) is 1.41. The number of hydrogen-bond donors (Lipinski definition) is 1. The zero-order valence-corrected chi connectivity index (χ0v) is 13.3. The third-order valence-electron chi connectivity index (χ3n) is 4.98. The van der Waals surface area contributed by atoms with Gasteiger partial charge in [0.25, 0.3) is 5.91 Å². The number of methoxy groups -OCH3 is 1. The fraction of sp³-hybridized carbons (Fsp3) is 0.444. The van der Waals surface area contributed by atoms with Crippen LogP contribution >= 0.6 is 0 Å². The second-order valence-electron chi connectivity index (χ2n) is 6.57. The highest BCUT2D eigenvalue weighted by Crippen LogP contribution is 2.27. The van der Waals surface area contributed by atoms with Gasteiger partial charge in [-0.1, -0.05) is 12.1 Å². The Hall–Kier alpha value is -2.14. The second-order valence-corrected chi connectivity index (χ2v) is 6.57. The minimum Gasteiger partial charge on any atom is -0.496 e. The molecule has 5 nitrogen and oxygen atoms in total. The van der Waals surface area contributed by atoms with Crippen LogP contribution in [0.2, 0.25) is 0 Å². The summed E-state index contributed by atoms with van der Waals surface area (Å²) in [6.07, 6.45) is 4.08. The van der Waals surface area contributed by atoms with Crippen LogP contribution < -0.4 is 10.1 Å². The van der Waals surface area contributed by atoms with Crippen LogP contribution in [0.15, 0.2) is 30.5 Å². The van der Waals surface area contributed by atoms with E-state index < -0.39 is 0 Å². The molecule has 3 heterocycles. The van der Waals surface area contributed by atoms with Crippen molar-refractivity contribution >= 4 is 16.7 Å². The zero-order chi connectivity index (χ0) is 15.8. The Morgan fingerprint density at radius 3 is 3.13 bits per heavy atom. The summed E-state index contributed by atoms with van der Waals surface area (Å²) in [6, 6.07) is 7.85. The maximum absolute atomic E-state index is 12.6. The van der Waals surface area contributed by atoms with Crippen molar-refractivity contribution in [2.45, 2.75) is 18.9 Å². The van der Waals surface area contributed by atoms with Crippen molar-refractivity contribution in [2.75, 3.05) is 26.7 Å². The van der Waals surface area contributed by atoms with Gasteiger partial charge in [0.05, 0.1) is 7.11 Å². The first-order chi connectivity index (χ1) is 11.2. The van der Waals surface area contributed by atoms with Crippen LogP contribution in [0, 0.1) is 5.92 Å². The molecule has 0 aliphatic carbocycles. The molecule has 1 unspecified atom stereocenters. The van der Waals surface area contributed by atoms with Crippen LogP contribution in [0.5, 0.6) is 5.75 Å². The average molecular weight is 311 g/mol. The number of amides is 1. The summed E-state index contributed by atoms with van der Waals surface area (Å²) in [5, 5.41) is 5.05. The number of hydrogen-bond acceptors (Lipinski definition) is 4. The first-order valence-corrected chi connectivity index (χ1v) is 8.19. The fourth-order valence-electron chi connectivity index (χ4n) is 3.87. The molecular weight excluding hydrogens is 290 g/mol. The normalized spacial score (nSPS) is 26.2. The Morgan fingerprint density at radius 1 is 1.39 bits per heavy atom. The lowest BCUT2D eigenvalue weighted by atomic mass is 9.97. The molecule has 2 aliphatic heterocycles. The van der Waals surface area contributed by atoms with Gasteiger partial charge in [0.1, 0.15) is 11.4 Å². The number of carbonyl (C=O) groups excluding carboxylic acids is 1. The number of benzene rings is 1. The molecule has 120 valence electrons. The average Bonchev–Trinajstić information content (AvgIpc) is 2.92. The number of nitrogens with zero attached hydrogens (tertiary/aromatic N) is 2. The predicted octanol–water partition coefficient (Wildman–Crippen LogP) is 2.07. The summed E-state index contributed by atoms with van der Waals surface area (Å²) in [5.41, 5.74) is 0.454. The van der Waals surface area contributed by atoms with E-state index in [0.29, 0.717) is 5.69 Å². The van der Waals surface area contributed by atoms with Crippen LogP contribution in [0.4, 0.5) is 0 Å². The fourth-order valence-corrected chi connectivity index (χ4v) is 3.87. The molecule has 2 fully saturated rings. The van der Waals surface area contributed by atoms with Crippen molar-refractivity contribution in [1.29, 1.82) is 0 Å². The van der Waals surface area contributed by atoms with E-state index in [0.717, 1.165) is 35.4 Å². The molecule has 1 amide bonds. The number of rotatable bonds is 3. The van der Waals surface area contributed by atoms with Gasteiger partial charge >= 0.3 is 0 Å². The highest BCUT2D eigenvalue weighted by molar-refractivity contribution is 5.98. The van der Waals surface area contributed by atoms with Gasteiger partial charge in [0, 0.05) is 36.1 Å². The maximum atomic E-state index is 12.6. The van der Waals surface area contributed by atoms with Gasteiger partial charge in [-0.3, -0.25) is 9.78 Å². The molecule has 0 saturated carbocycles. The van der Waals surface area contributed by atoms with Gasteiger partial charge in [-0.2, -0.15) is 0 Å². The Bertz CT molecular complexity index is 734. The van der Waals surface area contributed by atoms with Crippen LogP contribution in [0.25, 0.3) is 10.8 Å². The molecule has 1 aromatic carbocycles. The maximum Gasteiger partial charge on any atom is 0.270 e. The summed E-state index contributed by atoms with van der Waals surface area (Å²) < 4.78 is 5.38. The molecule has 2 bridgehead atoms. The minimum atomic E-state index is -0.0923. The number of carbonyl (C=O) groups is 1. The topological polar surface area (TPSA) is 54.5 Å². The first kappa shape index (κ1) is 14.5. The molecule has 23 heavy (non-hydrogen) atoms. The lowest BCUT2D eigenvalue weighted by Crippen LogP contribution is -2.47. The molecule has 1 aromatic heterocycles. The Balaban J connectivity index is 1.55. The van der Waals surface area contributed by atoms with Crippen molar-refractivity contribution < 1.29 is 9.53 Å². The van der Waals surface area contributed by atoms with Gasteiger partial charge < -0.3 is 15.0 Å². The van der Waals surface area contributed by atoms with E-state index in [1.807, 2.05) is 24.3 Å². The van der Waals surface area contributed by atoms with Crippen LogP contribution in [0.1, 0.15) is 23.3 Å². The molecule has 3 atom stereocenters. The number of ether oxygens (including phenoxy) is 1. The standard InChI is InChI=1S/C18H21N3O2/c1-23-17-4-2-3-13-9-19-16(8-15(13)17)18(22)20-14-7-12-5-6-21(10-12)11-14/h2-4,8-9,12,14H,5-7,10-11H2,1H3,(H,20,22)/t12-,14-/m1/s1. The number of fused-ring (bicyclic) bond motifs is 3. The highest BCUT2D eigenvalue weighted by atomic mass is 16.5. The molecule has 2 saturated heterocycles. The number of nitrogens with one attached hydrogen (secondary N) is 1. The van der Waals surface area contributed by atoms with Crippen molar-refractivity contribution in [3.8, 4) is 5.75 Å². The number of aromatic nitrogens is 1. The van der Waals surface area contributed by atoms with Gasteiger partial charge in [0.15, 0.2) is 0 Å². The van der Waals surface area contributed by atoms with Gasteiger partial charge in [-0.05, 0) is 37.4 Å². The summed E-state index contributed by atoms with van der Waals surface area (Å²) in [7, 11) is 1.64. The second kappa shape index (κ2) is 5.81. The third-order valence-corrected chi connectivity index (χ3v) is 4.98. The van der Waals surface area contributed by atoms with E-state index in [1.165, 1.54) is 19.5 Å². The van der Waals surface area contributed by atoms with E-state index >= 15 is 0 Å². The van der Waals surface area contributed by atoms with E-state index in [9.17, 15) is 4.79 Å². The minimum absolute atomic E-state index is 0.0923. The van der Waals surface area contributed by atoms with Crippen molar-refractivity contribution in [1.82, 2.24) is 15.2 Å². The third kappa shape index (κ3) is 2.77. The Morgan fingerprint density at radius 2 is 2.30 bits per heavy atom. The van der Waals surface area contributed by atoms with Crippen molar-refractivity contribution in [2.24, 2.45) is 5.92 Å². The quantitative estimate of drug-likeness (QED) is 0.943. The smallest absolute Gasteiger partial charge is 0.270 e. The highest BCUT2D eigenvalue weighted by Gasteiger charge is 2.33. The number of pyridine rings is 1. The van der Waals surface area contributed by atoms with Gasteiger partial charge in [-0.15, -0.1) is 0 Å². The Labute approximate surface area is 135 Å². The molecule has 0 radical (unpaired) electrons. The molecule has 2 aromatic rings. The molecular formula is C18H21N3O2. The summed E-state index contributed by atoms with van der Waals surface area (Å²) in [6.45, 7) is 3.32. The van der Waals surface area contributed by atoms with E-state index in [-0.39, 0.29) is 11.9 Å². The molecule has 1 N–H and O–H groups in total. The lowest BCUT2D eigenvalue weighted by molar-refractivity contribution is 0.0904. The molecule has 2 aliphatic rings. The number of piperidine rings is 1. The SMILES string of the molecule is COc1cccc2cnc(C(=O)N[C@@H]3C[C@H]4CCN(C4)C3)cc12. The first-order valence-electron chi connectivity index (χ1n) is 8.19. The van der Waals surface area contributed by atoms with Crippen LogP contribution in [-0.2, 0) is 0 Å². The monoisotopic (exact) mass is 311 g/mol. The lowest BCUT2D eigenvalue weighted by Gasteiger charge is -2.30. The van der Waals surface area contributed by atoms with Gasteiger partial charge in [-0.25, -0.2) is 0 Å². The molecule has 0 spiro atoms.